The molecule has 150 valence electrons. The van der Waals surface area contributed by atoms with Crippen LogP contribution in [0, 0.1) is 23.2 Å². The van der Waals surface area contributed by atoms with Crippen molar-refractivity contribution in [2.75, 3.05) is 12.4 Å². The summed E-state index contributed by atoms with van der Waals surface area (Å²) in [6.07, 6.45) is 6.75. The molecule has 0 spiro atoms. The summed E-state index contributed by atoms with van der Waals surface area (Å²) in [5, 5.41) is 5.74. The second-order valence-corrected chi connectivity index (χ2v) is 8.95. The van der Waals surface area contributed by atoms with Crippen LogP contribution in [0.1, 0.15) is 55.8 Å². The maximum atomic E-state index is 13.1. The Hall–Kier alpha value is -2.37. The van der Waals surface area contributed by atoms with Crippen LogP contribution < -0.4 is 10.6 Å². The molecule has 4 fully saturated rings. The minimum atomic E-state index is -0.637. The Labute approximate surface area is 165 Å². The van der Waals surface area contributed by atoms with Crippen LogP contribution >= 0.6 is 0 Å². The van der Waals surface area contributed by atoms with Gasteiger partial charge in [0.05, 0.1) is 12.7 Å². The summed E-state index contributed by atoms with van der Waals surface area (Å²) in [6, 6.07) is 5.94. The molecular formula is C22H28N2O4. The van der Waals surface area contributed by atoms with Crippen molar-refractivity contribution in [2.24, 2.45) is 23.2 Å². The first-order valence-electron chi connectivity index (χ1n) is 10.2. The predicted octanol–water partition coefficient (Wildman–Crippen LogP) is 3.13. The Balaban J connectivity index is 1.38. The molecule has 4 saturated carbocycles. The number of esters is 1. The fraction of sp³-hybridized carbons (Fsp3) is 0.591. The van der Waals surface area contributed by atoms with Gasteiger partial charge in [-0.25, -0.2) is 4.79 Å². The number of amides is 2. The molecule has 4 aliphatic rings. The van der Waals surface area contributed by atoms with Gasteiger partial charge in [-0.15, -0.1) is 0 Å². The third-order valence-corrected chi connectivity index (χ3v) is 6.81. The second kappa shape index (κ2) is 7.22. The smallest absolute Gasteiger partial charge is 0.337 e. The number of hydrogen-bond acceptors (Lipinski definition) is 4. The molecule has 1 aromatic carbocycles. The van der Waals surface area contributed by atoms with Crippen LogP contribution in [0.2, 0.25) is 0 Å². The van der Waals surface area contributed by atoms with Crippen molar-refractivity contribution in [2.45, 2.75) is 51.5 Å². The molecule has 6 heteroatoms. The molecule has 28 heavy (non-hydrogen) atoms. The lowest BCUT2D eigenvalue weighted by molar-refractivity contribution is -0.147. The lowest BCUT2D eigenvalue weighted by atomic mass is 9.49. The van der Waals surface area contributed by atoms with E-state index in [0.29, 0.717) is 29.0 Å². The third kappa shape index (κ3) is 3.52. The summed E-state index contributed by atoms with van der Waals surface area (Å²) in [4.78, 5) is 37.3. The van der Waals surface area contributed by atoms with Gasteiger partial charge in [-0.2, -0.15) is 0 Å². The molecule has 0 aliphatic heterocycles. The summed E-state index contributed by atoms with van der Waals surface area (Å²) in [6.45, 7) is 1.71. The van der Waals surface area contributed by atoms with Crippen molar-refractivity contribution < 1.29 is 19.1 Å². The Morgan fingerprint density at radius 2 is 1.68 bits per heavy atom. The molecular weight excluding hydrogens is 356 g/mol. The zero-order valence-electron chi connectivity index (χ0n) is 16.5. The summed E-state index contributed by atoms with van der Waals surface area (Å²) in [5.74, 6) is 1.34. The molecule has 0 radical (unpaired) electrons. The average molecular weight is 384 g/mol. The van der Waals surface area contributed by atoms with Crippen molar-refractivity contribution in [3.05, 3.63) is 29.8 Å². The largest absolute Gasteiger partial charge is 0.465 e. The van der Waals surface area contributed by atoms with E-state index >= 15 is 0 Å². The summed E-state index contributed by atoms with van der Waals surface area (Å²) >= 11 is 0. The van der Waals surface area contributed by atoms with Crippen LogP contribution in [-0.2, 0) is 14.3 Å². The highest BCUT2D eigenvalue weighted by Gasteiger charge is 2.54. The molecule has 0 heterocycles. The molecule has 0 unspecified atom stereocenters. The molecule has 1 aromatic rings. The van der Waals surface area contributed by atoms with Gasteiger partial charge in [-0.1, -0.05) is 6.07 Å². The summed E-state index contributed by atoms with van der Waals surface area (Å²) in [7, 11) is 1.32. The van der Waals surface area contributed by atoms with E-state index in [0.717, 1.165) is 19.3 Å². The van der Waals surface area contributed by atoms with Gasteiger partial charge in [0.15, 0.2) is 0 Å². The van der Waals surface area contributed by atoms with Crippen molar-refractivity contribution in [3.63, 3.8) is 0 Å². The van der Waals surface area contributed by atoms with Crippen LogP contribution in [0.4, 0.5) is 5.69 Å². The van der Waals surface area contributed by atoms with E-state index in [-0.39, 0.29) is 17.2 Å². The van der Waals surface area contributed by atoms with Crippen molar-refractivity contribution in [1.29, 1.82) is 0 Å². The quantitative estimate of drug-likeness (QED) is 0.764. The molecule has 0 aromatic heterocycles. The number of anilines is 1. The van der Waals surface area contributed by atoms with E-state index in [1.165, 1.54) is 26.4 Å². The number of rotatable bonds is 5. The average Bonchev–Trinajstić information content (AvgIpc) is 2.66. The standard InChI is InChI=1S/C22H28N2O4/c1-13(19(25)24-18-5-3-4-17(9-18)20(26)28-2)23-21(27)22-10-14-6-15(11-22)8-16(7-14)12-22/h3-5,9,13-16H,6-8,10-12H2,1-2H3,(H,23,27)(H,24,25)/t13-,14?,15?,16?,22?/m0/s1. The van der Waals surface area contributed by atoms with Crippen molar-refractivity contribution >= 4 is 23.5 Å². The van der Waals surface area contributed by atoms with E-state index in [1.54, 1.807) is 31.2 Å². The van der Waals surface area contributed by atoms with Gasteiger partial charge in [0.1, 0.15) is 6.04 Å². The highest BCUT2D eigenvalue weighted by molar-refractivity contribution is 5.99. The van der Waals surface area contributed by atoms with Gasteiger partial charge in [0.2, 0.25) is 11.8 Å². The van der Waals surface area contributed by atoms with Gasteiger partial charge in [0.25, 0.3) is 0 Å². The zero-order valence-corrected chi connectivity index (χ0v) is 16.5. The number of carbonyl (C=O) groups excluding carboxylic acids is 3. The van der Waals surface area contributed by atoms with Crippen LogP contribution in [-0.4, -0.2) is 30.9 Å². The van der Waals surface area contributed by atoms with Gasteiger partial charge >= 0.3 is 5.97 Å². The SMILES string of the molecule is COC(=O)c1cccc(NC(=O)[C@H](C)NC(=O)C23CC4CC(CC(C4)C2)C3)c1. The topological polar surface area (TPSA) is 84.5 Å². The highest BCUT2D eigenvalue weighted by atomic mass is 16.5. The van der Waals surface area contributed by atoms with Gasteiger partial charge in [-0.3, -0.25) is 9.59 Å². The first-order chi connectivity index (χ1) is 13.4. The van der Waals surface area contributed by atoms with Crippen LogP contribution in [0.5, 0.6) is 0 Å². The Morgan fingerprint density at radius 1 is 1.07 bits per heavy atom. The van der Waals surface area contributed by atoms with Gasteiger partial charge in [-0.05, 0) is 81.4 Å². The van der Waals surface area contributed by atoms with Crippen molar-refractivity contribution in [3.8, 4) is 0 Å². The Kier molecular flexibility index (Phi) is 4.89. The normalized spacial score (nSPS) is 31.1. The molecule has 2 amide bonds. The Morgan fingerprint density at radius 3 is 2.25 bits per heavy atom. The number of methoxy groups -OCH3 is 1. The monoisotopic (exact) mass is 384 g/mol. The van der Waals surface area contributed by atoms with E-state index in [4.69, 9.17) is 4.74 Å². The number of hydrogen-bond donors (Lipinski definition) is 2. The minimum absolute atomic E-state index is 0.0394. The maximum Gasteiger partial charge on any atom is 0.337 e. The lowest BCUT2D eigenvalue weighted by Gasteiger charge is -2.55. The lowest BCUT2D eigenvalue weighted by Crippen LogP contribution is -2.56. The third-order valence-electron chi connectivity index (χ3n) is 6.81. The number of benzene rings is 1. The minimum Gasteiger partial charge on any atom is -0.465 e. The maximum absolute atomic E-state index is 13.1. The molecule has 2 N–H and O–H groups in total. The molecule has 5 rings (SSSR count). The van der Waals surface area contributed by atoms with Crippen LogP contribution in [0.25, 0.3) is 0 Å². The van der Waals surface area contributed by atoms with E-state index < -0.39 is 12.0 Å². The molecule has 4 aliphatic carbocycles. The zero-order chi connectivity index (χ0) is 19.9. The molecule has 6 nitrogen and oxygen atoms in total. The predicted molar refractivity (Wildman–Crippen MR) is 105 cm³/mol. The number of ether oxygens (including phenoxy) is 1. The van der Waals surface area contributed by atoms with Crippen molar-refractivity contribution in [1.82, 2.24) is 5.32 Å². The fourth-order valence-electron chi connectivity index (χ4n) is 5.90. The van der Waals surface area contributed by atoms with E-state index in [1.807, 2.05) is 0 Å². The molecule has 0 saturated heterocycles. The number of carbonyl (C=O) groups is 3. The van der Waals surface area contributed by atoms with Crippen LogP contribution in [0.15, 0.2) is 24.3 Å². The first kappa shape index (κ1) is 19.0. The Bertz CT molecular complexity index is 768. The molecule has 1 atom stereocenters. The fourth-order valence-corrected chi connectivity index (χ4v) is 5.90. The van der Waals surface area contributed by atoms with Gasteiger partial charge in [0, 0.05) is 11.1 Å². The second-order valence-electron chi connectivity index (χ2n) is 8.95. The van der Waals surface area contributed by atoms with E-state index in [9.17, 15) is 14.4 Å². The van der Waals surface area contributed by atoms with E-state index in [2.05, 4.69) is 10.6 Å². The summed E-state index contributed by atoms with van der Waals surface area (Å²) < 4.78 is 4.70. The first-order valence-corrected chi connectivity index (χ1v) is 10.2. The number of nitrogens with one attached hydrogen (secondary N) is 2. The van der Waals surface area contributed by atoms with Gasteiger partial charge < -0.3 is 15.4 Å². The highest BCUT2D eigenvalue weighted by Crippen LogP contribution is 2.60. The molecule has 4 bridgehead atoms. The van der Waals surface area contributed by atoms with Crippen LogP contribution in [0.3, 0.4) is 0 Å². The summed E-state index contributed by atoms with van der Waals surface area (Å²) in [5.41, 5.74) is 0.600.